The fraction of sp³-hybridized carbons (Fsp3) is 0.778. The van der Waals surface area contributed by atoms with Crippen LogP contribution in [0, 0.1) is 6.92 Å². The molecule has 0 bridgehead atoms. The average Bonchev–Trinajstić information content (AvgIpc) is 2.02. The third-order valence-electron chi connectivity index (χ3n) is 1.61. The molecule has 0 heterocycles. The molecule has 3 nitrogen and oxygen atoms in total. The Morgan fingerprint density at radius 2 is 1.92 bits per heavy atom. The molecule has 0 rings (SSSR count). The van der Waals surface area contributed by atoms with Crippen LogP contribution in [0.3, 0.4) is 0 Å². The van der Waals surface area contributed by atoms with E-state index >= 15 is 0 Å². The average molecular weight is 172 g/mol. The van der Waals surface area contributed by atoms with E-state index in [0.29, 0.717) is 13.0 Å². The summed E-state index contributed by atoms with van der Waals surface area (Å²) in [6, 6.07) is 0. The van der Waals surface area contributed by atoms with Crippen molar-refractivity contribution < 1.29 is 9.53 Å². The van der Waals surface area contributed by atoms with Crippen molar-refractivity contribution in [3.8, 4) is 0 Å². The highest BCUT2D eigenvalue weighted by Gasteiger charge is 1.94. The summed E-state index contributed by atoms with van der Waals surface area (Å²) < 4.78 is 5.06. The van der Waals surface area contributed by atoms with Crippen LogP contribution in [0.2, 0.25) is 0 Å². The second-order valence-electron chi connectivity index (χ2n) is 2.74. The smallest absolute Gasteiger partial charge is 0.217 e. The fourth-order valence-corrected chi connectivity index (χ4v) is 0.959. The van der Waals surface area contributed by atoms with E-state index in [1.54, 1.807) is 0 Å². The highest BCUT2D eigenvalue weighted by Crippen LogP contribution is 2.02. The summed E-state index contributed by atoms with van der Waals surface area (Å²) in [6.07, 6.45) is 4.63. The van der Waals surface area contributed by atoms with Crippen molar-refractivity contribution >= 4 is 5.91 Å². The minimum absolute atomic E-state index is 0.205. The van der Waals surface area contributed by atoms with Crippen LogP contribution in [0.4, 0.5) is 0 Å². The molecule has 0 atom stereocenters. The van der Waals surface area contributed by atoms with Gasteiger partial charge in [-0.2, -0.15) is 0 Å². The molecule has 2 N–H and O–H groups in total. The Balaban J connectivity index is 2.86. The Labute approximate surface area is 74.3 Å². The van der Waals surface area contributed by atoms with E-state index in [4.69, 9.17) is 10.5 Å². The normalized spacial score (nSPS) is 10.1. The highest BCUT2D eigenvalue weighted by molar-refractivity contribution is 5.73. The highest BCUT2D eigenvalue weighted by atomic mass is 16.5. The molecule has 0 aliphatic rings. The van der Waals surface area contributed by atoms with Gasteiger partial charge in [-0.1, -0.05) is 12.8 Å². The molecule has 0 aliphatic heterocycles. The maximum Gasteiger partial charge on any atom is 0.217 e. The van der Waals surface area contributed by atoms with Crippen molar-refractivity contribution in [3.05, 3.63) is 6.92 Å². The van der Waals surface area contributed by atoms with Gasteiger partial charge in [0.05, 0.1) is 0 Å². The molecule has 71 valence electrons. The minimum Gasteiger partial charge on any atom is -0.381 e. The number of ether oxygens (including phenoxy) is 1. The lowest BCUT2D eigenvalue weighted by Crippen LogP contribution is -2.09. The molecule has 0 spiro atoms. The molecule has 0 aromatic rings. The zero-order valence-corrected chi connectivity index (χ0v) is 7.55. The summed E-state index contributed by atoms with van der Waals surface area (Å²) in [6.45, 7) is 4.88. The van der Waals surface area contributed by atoms with E-state index < -0.39 is 0 Å². The van der Waals surface area contributed by atoms with Crippen LogP contribution in [-0.2, 0) is 9.53 Å². The van der Waals surface area contributed by atoms with Crippen molar-refractivity contribution in [3.63, 3.8) is 0 Å². The Kier molecular flexibility index (Phi) is 8.12. The molecule has 0 saturated carbocycles. The first-order valence-electron chi connectivity index (χ1n) is 4.42. The summed E-state index contributed by atoms with van der Waals surface area (Å²) in [5.41, 5.74) is 4.98. The van der Waals surface area contributed by atoms with Crippen LogP contribution >= 0.6 is 0 Å². The molecule has 0 aromatic carbocycles. The van der Waals surface area contributed by atoms with E-state index in [1.807, 2.05) is 0 Å². The topological polar surface area (TPSA) is 52.3 Å². The van der Waals surface area contributed by atoms with Crippen molar-refractivity contribution in [1.29, 1.82) is 0 Å². The first-order valence-corrected chi connectivity index (χ1v) is 4.42. The predicted octanol–water partition coefficient (Wildman–Crippen LogP) is 1.27. The van der Waals surface area contributed by atoms with Crippen LogP contribution in [0.1, 0.15) is 32.1 Å². The Bertz CT molecular complexity index is 115. The minimum atomic E-state index is -0.205. The number of primary amides is 1. The van der Waals surface area contributed by atoms with Gasteiger partial charge in [-0.25, -0.2) is 0 Å². The summed E-state index contributed by atoms with van der Waals surface area (Å²) in [7, 11) is 0. The fourth-order valence-electron chi connectivity index (χ4n) is 0.959. The first-order chi connectivity index (χ1) is 5.77. The van der Waals surface area contributed by atoms with Crippen LogP contribution in [0.15, 0.2) is 0 Å². The quantitative estimate of drug-likeness (QED) is 0.560. The van der Waals surface area contributed by atoms with Crippen LogP contribution in [-0.4, -0.2) is 19.1 Å². The molecule has 3 heteroatoms. The van der Waals surface area contributed by atoms with Crippen LogP contribution in [0.25, 0.3) is 0 Å². The third-order valence-corrected chi connectivity index (χ3v) is 1.61. The van der Waals surface area contributed by atoms with Crippen molar-refractivity contribution in [2.24, 2.45) is 5.73 Å². The summed E-state index contributed by atoms with van der Waals surface area (Å²) in [5.74, 6) is -0.205. The van der Waals surface area contributed by atoms with Crippen LogP contribution in [0.5, 0.6) is 0 Å². The number of unbranched alkanes of at least 4 members (excludes halogenated alkanes) is 3. The maximum atomic E-state index is 10.3. The Morgan fingerprint density at radius 1 is 1.25 bits per heavy atom. The Hall–Kier alpha value is -0.570. The zero-order valence-electron chi connectivity index (χ0n) is 7.55. The number of carbonyl (C=O) groups excluding carboxylic acids is 1. The van der Waals surface area contributed by atoms with Gasteiger partial charge in [-0.15, -0.1) is 0 Å². The number of amides is 1. The molecule has 0 unspecified atom stereocenters. The monoisotopic (exact) mass is 172 g/mol. The van der Waals surface area contributed by atoms with Gasteiger partial charge < -0.3 is 10.5 Å². The van der Waals surface area contributed by atoms with Gasteiger partial charge in [0.1, 0.15) is 0 Å². The molecule has 12 heavy (non-hydrogen) atoms. The lowest BCUT2D eigenvalue weighted by atomic mass is 10.1. The summed E-state index contributed by atoms with van der Waals surface area (Å²) >= 11 is 0. The maximum absolute atomic E-state index is 10.3. The number of nitrogens with two attached hydrogens (primary N) is 1. The molecule has 0 aliphatic carbocycles. The van der Waals surface area contributed by atoms with Crippen molar-refractivity contribution in [2.45, 2.75) is 32.1 Å². The van der Waals surface area contributed by atoms with E-state index in [0.717, 1.165) is 32.3 Å². The van der Waals surface area contributed by atoms with Gasteiger partial charge in [-0.05, 0) is 19.8 Å². The third kappa shape index (κ3) is 9.43. The van der Waals surface area contributed by atoms with E-state index in [1.165, 1.54) is 0 Å². The van der Waals surface area contributed by atoms with Gasteiger partial charge >= 0.3 is 0 Å². The summed E-state index contributed by atoms with van der Waals surface area (Å²) in [4.78, 5) is 10.3. The molecule has 1 radical (unpaired) electrons. The van der Waals surface area contributed by atoms with E-state index in [2.05, 4.69) is 6.92 Å². The van der Waals surface area contributed by atoms with Crippen LogP contribution < -0.4 is 5.73 Å². The Morgan fingerprint density at radius 3 is 2.50 bits per heavy atom. The summed E-state index contributed by atoms with van der Waals surface area (Å²) in [5, 5.41) is 0. The van der Waals surface area contributed by atoms with E-state index in [-0.39, 0.29) is 5.91 Å². The molecule has 0 fully saturated rings. The SMILES string of the molecule is [CH2]COCCCCCCC(N)=O. The number of carbonyl (C=O) groups is 1. The molecule has 0 aromatic heterocycles. The number of hydrogen-bond donors (Lipinski definition) is 1. The van der Waals surface area contributed by atoms with E-state index in [9.17, 15) is 4.79 Å². The molecule has 1 amide bonds. The zero-order chi connectivity index (χ0) is 9.23. The van der Waals surface area contributed by atoms with Crippen molar-refractivity contribution in [1.82, 2.24) is 0 Å². The van der Waals surface area contributed by atoms with Gasteiger partial charge in [0, 0.05) is 19.6 Å². The van der Waals surface area contributed by atoms with Gasteiger partial charge in [0.15, 0.2) is 0 Å². The lowest BCUT2D eigenvalue weighted by Gasteiger charge is -2.00. The second-order valence-corrected chi connectivity index (χ2v) is 2.74. The molecular weight excluding hydrogens is 154 g/mol. The largest absolute Gasteiger partial charge is 0.381 e. The standard InChI is InChI=1S/C9H18NO2/c1-2-12-8-6-4-3-5-7-9(10)11/h1-8H2,(H2,10,11). The predicted molar refractivity (Wildman–Crippen MR) is 48.5 cm³/mol. The first kappa shape index (κ1) is 11.4. The molecular formula is C9H18NO2. The number of rotatable bonds is 8. The van der Waals surface area contributed by atoms with Gasteiger partial charge in [0.25, 0.3) is 0 Å². The number of hydrogen-bond acceptors (Lipinski definition) is 2. The molecule has 0 saturated heterocycles. The van der Waals surface area contributed by atoms with Crippen molar-refractivity contribution in [2.75, 3.05) is 13.2 Å². The second kappa shape index (κ2) is 8.53. The van der Waals surface area contributed by atoms with Gasteiger partial charge in [0.2, 0.25) is 5.91 Å². The lowest BCUT2D eigenvalue weighted by molar-refractivity contribution is -0.118. The van der Waals surface area contributed by atoms with Gasteiger partial charge in [-0.3, -0.25) is 4.79 Å².